The van der Waals surface area contributed by atoms with E-state index in [0.29, 0.717) is 6.04 Å². The average Bonchev–Trinajstić information content (AvgIpc) is 3.40. The molecular formula is C24H30N2O. The number of benzene rings is 2. The van der Waals surface area contributed by atoms with Gasteiger partial charge in [-0.1, -0.05) is 43.3 Å². The fourth-order valence-electron chi connectivity index (χ4n) is 4.46. The lowest BCUT2D eigenvalue weighted by molar-refractivity contribution is 0.0709. The number of hydrogen-bond donors (Lipinski definition) is 0. The van der Waals surface area contributed by atoms with Crippen molar-refractivity contribution < 1.29 is 4.79 Å². The summed E-state index contributed by atoms with van der Waals surface area (Å²) < 4.78 is 0. The number of amides is 1. The third-order valence-corrected chi connectivity index (χ3v) is 6.13. The summed E-state index contributed by atoms with van der Waals surface area (Å²) in [6.07, 6.45) is 5.95. The number of likely N-dealkylation sites (tertiary alicyclic amines) is 2. The largest absolute Gasteiger partial charge is 0.334 e. The summed E-state index contributed by atoms with van der Waals surface area (Å²) >= 11 is 0. The Hall–Kier alpha value is -2.13. The number of hydrogen-bond acceptors (Lipinski definition) is 2. The molecule has 142 valence electrons. The SMILES string of the molecule is CCc1ccc(-c2ccc(C(=O)N3CCC[C@H]3CN3CCCC3)cc2)cc1. The van der Waals surface area contributed by atoms with Gasteiger partial charge >= 0.3 is 0 Å². The number of rotatable bonds is 5. The van der Waals surface area contributed by atoms with Gasteiger partial charge in [0, 0.05) is 24.7 Å². The van der Waals surface area contributed by atoms with Crippen molar-refractivity contribution in [2.75, 3.05) is 26.2 Å². The lowest BCUT2D eigenvalue weighted by Crippen LogP contribution is -2.42. The van der Waals surface area contributed by atoms with Gasteiger partial charge in [0.1, 0.15) is 0 Å². The van der Waals surface area contributed by atoms with E-state index in [4.69, 9.17) is 0 Å². The van der Waals surface area contributed by atoms with Crippen molar-refractivity contribution in [3.8, 4) is 11.1 Å². The van der Waals surface area contributed by atoms with E-state index in [2.05, 4.69) is 53.1 Å². The molecule has 0 saturated carbocycles. The summed E-state index contributed by atoms with van der Waals surface area (Å²) in [7, 11) is 0. The van der Waals surface area contributed by atoms with Crippen molar-refractivity contribution in [2.24, 2.45) is 0 Å². The Morgan fingerprint density at radius 1 is 0.889 bits per heavy atom. The maximum Gasteiger partial charge on any atom is 0.254 e. The second kappa shape index (κ2) is 8.26. The first kappa shape index (κ1) is 18.2. The van der Waals surface area contributed by atoms with Crippen molar-refractivity contribution in [1.82, 2.24) is 9.80 Å². The first-order valence-corrected chi connectivity index (χ1v) is 10.5. The maximum atomic E-state index is 13.1. The molecule has 0 radical (unpaired) electrons. The Kier molecular flexibility index (Phi) is 5.58. The summed E-state index contributed by atoms with van der Waals surface area (Å²) in [5, 5.41) is 0. The van der Waals surface area contributed by atoms with Gasteiger partial charge in [0.25, 0.3) is 5.91 Å². The monoisotopic (exact) mass is 362 g/mol. The Bertz CT molecular complexity index is 760. The van der Waals surface area contributed by atoms with Crippen LogP contribution in [0.25, 0.3) is 11.1 Å². The number of carbonyl (C=O) groups excluding carboxylic acids is 1. The molecule has 3 heteroatoms. The Balaban J connectivity index is 1.44. The highest BCUT2D eigenvalue weighted by molar-refractivity contribution is 5.95. The molecule has 1 atom stereocenters. The van der Waals surface area contributed by atoms with E-state index in [0.717, 1.165) is 37.9 Å². The molecule has 0 bridgehead atoms. The average molecular weight is 363 g/mol. The van der Waals surface area contributed by atoms with Crippen molar-refractivity contribution in [1.29, 1.82) is 0 Å². The van der Waals surface area contributed by atoms with Crippen LogP contribution in [-0.2, 0) is 6.42 Å². The molecule has 2 aromatic rings. The summed E-state index contributed by atoms with van der Waals surface area (Å²) in [6, 6.07) is 17.2. The molecule has 3 nitrogen and oxygen atoms in total. The fraction of sp³-hybridized carbons (Fsp3) is 0.458. The zero-order chi connectivity index (χ0) is 18.6. The second-order valence-electron chi connectivity index (χ2n) is 7.93. The molecule has 0 unspecified atom stereocenters. The van der Waals surface area contributed by atoms with E-state index < -0.39 is 0 Å². The Morgan fingerprint density at radius 3 is 2.15 bits per heavy atom. The van der Waals surface area contributed by atoms with E-state index in [1.807, 2.05) is 12.1 Å². The number of nitrogens with zero attached hydrogens (tertiary/aromatic N) is 2. The van der Waals surface area contributed by atoms with E-state index in [1.54, 1.807) is 0 Å². The van der Waals surface area contributed by atoms with E-state index >= 15 is 0 Å². The fourth-order valence-corrected chi connectivity index (χ4v) is 4.46. The second-order valence-corrected chi connectivity index (χ2v) is 7.93. The van der Waals surface area contributed by atoms with Crippen molar-refractivity contribution in [3.63, 3.8) is 0 Å². The molecule has 1 amide bonds. The van der Waals surface area contributed by atoms with Crippen LogP contribution in [0.15, 0.2) is 48.5 Å². The minimum atomic E-state index is 0.199. The van der Waals surface area contributed by atoms with Gasteiger partial charge in [-0.3, -0.25) is 4.79 Å². The summed E-state index contributed by atoms with van der Waals surface area (Å²) in [5.41, 5.74) is 4.55. The predicted octanol–water partition coefficient (Wildman–Crippen LogP) is 4.62. The van der Waals surface area contributed by atoms with Crippen molar-refractivity contribution >= 4 is 5.91 Å². The molecule has 0 spiro atoms. The van der Waals surface area contributed by atoms with E-state index in [-0.39, 0.29) is 5.91 Å². The van der Waals surface area contributed by atoms with Gasteiger partial charge in [0.05, 0.1) is 0 Å². The van der Waals surface area contributed by atoms with Crippen LogP contribution in [0.2, 0.25) is 0 Å². The van der Waals surface area contributed by atoms with Crippen LogP contribution in [-0.4, -0.2) is 47.9 Å². The molecule has 2 aromatic carbocycles. The number of aryl methyl sites for hydroxylation is 1. The van der Waals surface area contributed by atoms with Crippen LogP contribution >= 0.6 is 0 Å². The summed E-state index contributed by atoms with van der Waals surface area (Å²) in [6.45, 7) is 6.52. The zero-order valence-corrected chi connectivity index (χ0v) is 16.4. The van der Waals surface area contributed by atoms with Gasteiger partial charge in [-0.25, -0.2) is 0 Å². The Morgan fingerprint density at radius 2 is 1.52 bits per heavy atom. The highest BCUT2D eigenvalue weighted by Gasteiger charge is 2.31. The van der Waals surface area contributed by atoms with Crippen LogP contribution in [0, 0.1) is 0 Å². The lowest BCUT2D eigenvalue weighted by atomic mass is 10.0. The van der Waals surface area contributed by atoms with Crippen LogP contribution in [0.3, 0.4) is 0 Å². The van der Waals surface area contributed by atoms with E-state index in [1.165, 1.54) is 42.6 Å². The van der Waals surface area contributed by atoms with Crippen molar-refractivity contribution in [3.05, 3.63) is 59.7 Å². The quantitative estimate of drug-likeness (QED) is 0.775. The first-order valence-electron chi connectivity index (χ1n) is 10.5. The maximum absolute atomic E-state index is 13.1. The van der Waals surface area contributed by atoms with Gasteiger partial charge in [-0.05, 0) is 74.0 Å². The summed E-state index contributed by atoms with van der Waals surface area (Å²) in [4.78, 5) is 17.7. The van der Waals surface area contributed by atoms with Gasteiger partial charge < -0.3 is 9.80 Å². The van der Waals surface area contributed by atoms with Gasteiger partial charge in [0.15, 0.2) is 0 Å². The van der Waals surface area contributed by atoms with Crippen LogP contribution < -0.4 is 0 Å². The summed E-state index contributed by atoms with van der Waals surface area (Å²) in [5.74, 6) is 0.199. The molecule has 27 heavy (non-hydrogen) atoms. The Labute approximate surface area is 163 Å². The van der Waals surface area contributed by atoms with Crippen LogP contribution in [0.1, 0.15) is 48.5 Å². The molecule has 2 saturated heterocycles. The highest BCUT2D eigenvalue weighted by atomic mass is 16.2. The first-order chi connectivity index (χ1) is 13.2. The molecule has 0 aliphatic carbocycles. The van der Waals surface area contributed by atoms with Crippen LogP contribution in [0.5, 0.6) is 0 Å². The molecule has 2 aliphatic rings. The molecule has 0 aromatic heterocycles. The standard InChI is InChI=1S/C24H30N2O/c1-2-19-7-9-20(10-8-19)21-11-13-22(14-12-21)24(27)26-17-5-6-23(26)18-25-15-3-4-16-25/h7-14,23H,2-6,15-18H2,1H3/t23-/m0/s1. The van der Waals surface area contributed by atoms with Crippen LogP contribution in [0.4, 0.5) is 0 Å². The molecule has 2 heterocycles. The van der Waals surface area contributed by atoms with Gasteiger partial charge in [-0.2, -0.15) is 0 Å². The third-order valence-electron chi connectivity index (χ3n) is 6.13. The predicted molar refractivity (Wildman–Crippen MR) is 111 cm³/mol. The molecule has 4 rings (SSSR count). The van der Waals surface area contributed by atoms with Gasteiger partial charge in [-0.15, -0.1) is 0 Å². The highest BCUT2D eigenvalue weighted by Crippen LogP contribution is 2.25. The zero-order valence-electron chi connectivity index (χ0n) is 16.4. The molecule has 2 aliphatic heterocycles. The molecule has 2 fully saturated rings. The minimum Gasteiger partial charge on any atom is -0.334 e. The van der Waals surface area contributed by atoms with Crippen molar-refractivity contribution in [2.45, 2.75) is 45.1 Å². The smallest absolute Gasteiger partial charge is 0.254 e. The van der Waals surface area contributed by atoms with E-state index in [9.17, 15) is 4.79 Å². The minimum absolute atomic E-state index is 0.199. The number of carbonyl (C=O) groups is 1. The topological polar surface area (TPSA) is 23.6 Å². The normalized spacial score (nSPS) is 20.3. The third kappa shape index (κ3) is 4.08. The van der Waals surface area contributed by atoms with Gasteiger partial charge in [0.2, 0.25) is 0 Å². The lowest BCUT2D eigenvalue weighted by Gasteiger charge is -2.28. The molecule has 0 N–H and O–H groups in total. The molecular weight excluding hydrogens is 332 g/mol.